The molecule has 2 aromatic carbocycles. The van der Waals surface area contributed by atoms with E-state index >= 15 is 0 Å². The van der Waals surface area contributed by atoms with Crippen LogP contribution in [0.25, 0.3) is 10.8 Å². The summed E-state index contributed by atoms with van der Waals surface area (Å²) in [4.78, 5) is 12.5. The summed E-state index contributed by atoms with van der Waals surface area (Å²) in [5.41, 5.74) is -0.0292. The number of carbonyl (C=O) groups excluding carboxylic acids is 1. The van der Waals surface area contributed by atoms with Gasteiger partial charge in [0.1, 0.15) is 5.60 Å². The first-order valence-electron chi connectivity index (χ1n) is 9.06. The van der Waals surface area contributed by atoms with Crippen molar-refractivity contribution in [1.82, 2.24) is 5.32 Å². The number of hydrogen-bond donors (Lipinski definition) is 1. The Morgan fingerprint density at radius 3 is 2.22 bits per heavy atom. The summed E-state index contributed by atoms with van der Waals surface area (Å²) in [6.07, 6.45) is -0.680. The van der Waals surface area contributed by atoms with E-state index in [0.29, 0.717) is 5.56 Å². The number of alkyl carbamates (subject to hydrolysis) is 1. The van der Waals surface area contributed by atoms with Crippen molar-refractivity contribution in [3.05, 3.63) is 48.0 Å². The van der Waals surface area contributed by atoms with E-state index in [1.807, 2.05) is 42.5 Å². The van der Waals surface area contributed by atoms with Gasteiger partial charge in [-0.3, -0.25) is 4.57 Å². The molecule has 0 spiro atoms. The molecule has 0 aliphatic carbocycles. The van der Waals surface area contributed by atoms with Gasteiger partial charge in [0.2, 0.25) is 0 Å². The van der Waals surface area contributed by atoms with Gasteiger partial charge in [-0.05, 0) is 51.0 Å². The van der Waals surface area contributed by atoms with Crippen LogP contribution in [-0.2, 0) is 18.3 Å². The standard InChI is InChI=1S/C20H28NO5P/c1-6-24-27(23,25-7-2)18(21-19(22)26-20(3,4)5)17-14-10-12-15-11-8-9-13-16(15)17/h8-14,18H,6-7H2,1-5H3,(H,21,22)/t18-/m0/s1. The molecule has 0 aromatic heterocycles. The molecule has 2 aromatic rings. The number of hydrogen-bond acceptors (Lipinski definition) is 5. The lowest BCUT2D eigenvalue weighted by Gasteiger charge is -2.29. The fourth-order valence-electron chi connectivity index (χ4n) is 2.78. The van der Waals surface area contributed by atoms with Crippen molar-refractivity contribution in [2.45, 2.75) is 46.0 Å². The quantitative estimate of drug-likeness (QED) is 0.617. The molecule has 0 saturated heterocycles. The second-order valence-electron chi connectivity index (χ2n) is 6.99. The first-order valence-corrected chi connectivity index (χ1v) is 10.7. The number of carbonyl (C=O) groups is 1. The highest BCUT2D eigenvalue weighted by molar-refractivity contribution is 7.54. The maximum atomic E-state index is 13.5. The molecule has 0 aliphatic heterocycles. The Morgan fingerprint density at radius 1 is 1.04 bits per heavy atom. The van der Waals surface area contributed by atoms with Crippen LogP contribution in [0.3, 0.4) is 0 Å². The van der Waals surface area contributed by atoms with Crippen molar-refractivity contribution in [2.75, 3.05) is 13.2 Å². The largest absolute Gasteiger partial charge is 0.444 e. The second kappa shape index (κ2) is 8.87. The summed E-state index contributed by atoms with van der Waals surface area (Å²) in [7, 11) is -3.69. The molecule has 0 saturated carbocycles. The summed E-state index contributed by atoms with van der Waals surface area (Å²) in [6, 6.07) is 13.3. The molecule has 27 heavy (non-hydrogen) atoms. The molecule has 2 rings (SSSR count). The first kappa shape index (κ1) is 21.4. The van der Waals surface area contributed by atoms with E-state index in [2.05, 4.69) is 5.32 Å². The zero-order chi connectivity index (χ0) is 20.1. The lowest BCUT2D eigenvalue weighted by molar-refractivity contribution is 0.0508. The molecule has 0 radical (unpaired) electrons. The van der Waals surface area contributed by atoms with Gasteiger partial charge in [-0.25, -0.2) is 4.79 Å². The number of ether oxygens (including phenoxy) is 1. The highest BCUT2D eigenvalue weighted by atomic mass is 31.2. The number of nitrogens with one attached hydrogen (secondary N) is 1. The molecule has 0 bridgehead atoms. The van der Waals surface area contributed by atoms with Crippen LogP contribution in [0, 0.1) is 0 Å². The summed E-state index contributed by atoms with van der Waals surface area (Å²) >= 11 is 0. The molecule has 148 valence electrons. The molecule has 0 unspecified atom stereocenters. The van der Waals surface area contributed by atoms with Crippen LogP contribution in [0.5, 0.6) is 0 Å². The Balaban J connectivity index is 2.54. The third-order valence-corrected chi connectivity index (χ3v) is 5.98. The fraction of sp³-hybridized carbons (Fsp3) is 0.450. The van der Waals surface area contributed by atoms with E-state index in [0.717, 1.165) is 10.8 Å². The molecule has 0 fully saturated rings. The molecule has 0 aliphatic rings. The van der Waals surface area contributed by atoms with E-state index in [1.54, 1.807) is 34.6 Å². The number of benzene rings is 2. The summed E-state index contributed by atoms with van der Waals surface area (Å²) in [5, 5.41) is 4.54. The van der Waals surface area contributed by atoms with Crippen molar-refractivity contribution in [2.24, 2.45) is 0 Å². The lowest BCUT2D eigenvalue weighted by Crippen LogP contribution is -2.35. The highest BCUT2D eigenvalue weighted by Crippen LogP contribution is 2.60. The monoisotopic (exact) mass is 393 g/mol. The van der Waals surface area contributed by atoms with Gasteiger partial charge >= 0.3 is 13.7 Å². The van der Waals surface area contributed by atoms with Gasteiger partial charge in [0.25, 0.3) is 0 Å². The molecule has 7 heteroatoms. The summed E-state index contributed by atoms with van der Waals surface area (Å²) in [6.45, 7) is 9.15. The third-order valence-electron chi connectivity index (χ3n) is 3.71. The predicted molar refractivity (Wildman–Crippen MR) is 107 cm³/mol. The Kier molecular flexibility index (Phi) is 7.04. The van der Waals surface area contributed by atoms with E-state index in [1.165, 1.54) is 0 Å². The SMILES string of the molecule is CCOP(=O)(OCC)[C@H](NC(=O)OC(C)(C)C)c1cccc2ccccc12. The Morgan fingerprint density at radius 2 is 1.63 bits per heavy atom. The second-order valence-corrected chi connectivity index (χ2v) is 9.10. The van der Waals surface area contributed by atoms with Crippen LogP contribution in [0.15, 0.2) is 42.5 Å². The van der Waals surface area contributed by atoms with Gasteiger partial charge in [0.15, 0.2) is 5.78 Å². The maximum Gasteiger partial charge on any atom is 0.408 e. The van der Waals surface area contributed by atoms with E-state index in [-0.39, 0.29) is 13.2 Å². The Bertz CT molecular complexity index is 815. The minimum atomic E-state index is -3.69. The van der Waals surface area contributed by atoms with Crippen LogP contribution in [0.1, 0.15) is 46.0 Å². The third kappa shape index (κ3) is 5.55. The minimum absolute atomic E-state index is 0.189. The van der Waals surface area contributed by atoms with Gasteiger partial charge in [-0.1, -0.05) is 42.5 Å². The molecular formula is C20H28NO5P. The van der Waals surface area contributed by atoms with E-state index in [4.69, 9.17) is 13.8 Å². The minimum Gasteiger partial charge on any atom is -0.444 e. The zero-order valence-electron chi connectivity index (χ0n) is 16.5. The Hall–Kier alpha value is -1.88. The van der Waals surface area contributed by atoms with Crippen LogP contribution in [-0.4, -0.2) is 24.9 Å². The average molecular weight is 393 g/mol. The van der Waals surface area contributed by atoms with E-state index < -0.39 is 25.1 Å². The topological polar surface area (TPSA) is 73.9 Å². The van der Waals surface area contributed by atoms with Crippen LogP contribution in [0.4, 0.5) is 4.79 Å². The zero-order valence-corrected chi connectivity index (χ0v) is 17.4. The van der Waals surface area contributed by atoms with Crippen molar-refractivity contribution in [3.8, 4) is 0 Å². The van der Waals surface area contributed by atoms with Gasteiger partial charge in [0.05, 0.1) is 13.2 Å². The number of rotatable bonds is 7. The van der Waals surface area contributed by atoms with Crippen molar-refractivity contribution in [3.63, 3.8) is 0 Å². The molecule has 0 heterocycles. The molecular weight excluding hydrogens is 365 g/mol. The van der Waals surface area contributed by atoms with Crippen LogP contribution >= 0.6 is 7.60 Å². The normalized spacial score (nSPS) is 13.4. The maximum absolute atomic E-state index is 13.5. The number of amides is 1. The summed E-state index contributed by atoms with van der Waals surface area (Å²) in [5.74, 6) is -0.988. The van der Waals surface area contributed by atoms with Crippen LogP contribution < -0.4 is 5.32 Å². The van der Waals surface area contributed by atoms with Crippen molar-refractivity contribution in [1.29, 1.82) is 0 Å². The Labute approximate surface area is 160 Å². The summed E-state index contributed by atoms with van der Waals surface area (Å²) < 4.78 is 30.0. The highest BCUT2D eigenvalue weighted by Gasteiger charge is 2.39. The lowest BCUT2D eigenvalue weighted by atomic mass is 10.0. The van der Waals surface area contributed by atoms with Crippen molar-refractivity contribution < 1.29 is 23.1 Å². The fourth-order valence-corrected chi connectivity index (χ4v) is 4.70. The van der Waals surface area contributed by atoms with Gasteiger partial charge in [-0.15, -0.1) is 0 Å². The van der Waals surface area contributed by atoms with Crippen LogP contribution in [0.2, 0.25) is 0 Å². The average Bonchev–Trinajstić information content (AvgIpc) is 2.58. The molecule has 1 amide bonds. The smallest absolute Gasteiger partial charge is 0.408 e. The molecule has 6 nitrogen and oxygen atoms in total. The first-order chi connectivity index (χ1) is 12.7. The molecule has 1 N–H and O–H groups in total. The molecule has 1 atom stereocenters. The van der Waals surface area contributed by atoms with Crippen molar-refractivity contribution >= 4 is 24.5 Å². The van der Waals surface area contributed by atoms with Gasteiger partial charge < -0.3 is 19.1 Å². The number of fused-ring (bicyclic) bond motifs is 1. The van der Waals surface area contributed by atoms with Gasteiger partial charge in [-0.2, -0.15) is 0 Å². The van der Waals surface area contributed by atoms with E-state index in [9.17, 15) is 9.36 Å². The predicted octanol–water partition coefficient (Wildman–Crippen LogP) is 5.63. The van der Waals surface area contributed by atoms with Gasteiger partial charge in [0, 0.05) is 0 Å².